The molecule has 1 aliphatic carbocycles. The maximum absolute atomic E-state index is 9.77. The second-order valence-corrected chi connectivity index (χ2v) is 3.95. The lowest BCUT2D eigenvalue weighted by Crippen LogP contribution is -1.97. The van der Waals surface area contributed by atoms with E-state index >= 15 is 0 Å². The highest BCUT2D eigenvalue weighted by molar-refractivity contribution is 5.07. The van der Waals surface area contributed by atoms with Crippen molar-refractivity contribution in [3.8, 4) is 0 Å². The molecule has 3 nitrogen and oxygen atoms in total. The van der Waals surface area contributed by atoms with Gasteiger partial charge in [-0.2, -0.15) is 5.10 Å². The van der Waals surface area contributed by atoms with E-state index in [4.69, 9.17) is 0 Å². The molecule has 0 spiro atoms. The number of aromatic nitrogens is 2. The van der Waals surface area contributed by atoms with Gasteiger partial charge in [-0.05, 0) is 24.7 Å². The van der Waals surface area contributed by atoms with Crippen molar-refractivity contribution in [2.24, 2.45) is 11.8 Å². The molecule has 0 radical (unpaired) electrons. The van der Waals surface area contributed by atoms with Crippen molar-refractivity contribution in [2.75, 3.05) is 0 Å². The van der Waals surface area contributed by atoms with Crippen molar-refractivity contribution in [1.82, 2.24) is 10.2 Å². The lowest BCUT2D eigenvalue weighted by atomic mass is 10.1. The summed E-state index contributed by atoms with van der Waals surface area (Å²) in [6.07, 6.45) is 6.61. The summed E-state index contributed by atoms with van der Waals surface area (Å²) >= 11 is 0. The first-order valence-electron chi connectivity index (χ1n) is 4.98. The van der Waals surface area contributed by atoms with E-state index in [2.05, 4.69) is 17.1 Å². The van der Waals surface area contributed by atoms with Crippen molar-refractivity contribution in [2.45, 2.75) is 32.3 Å². The summed E-state index contributed by atoms with van der Waals surface area (Å²) in [4.78, 5) is 0. The van der Waals surface area contributed by atoms with Crippen LogP contribution in [0.4, 0.5) is 0 Å². The molecule has 1 aliphatic rings. The fourth-order valence-electron chi connectivity index (χ4n) is 1.96. The van der Waals surface area contributed by atoms with Gasteiger partial charge < -0.3 is 5.11 Å². The number of aliphatic hydroxyl groups is 1. The van der Waals surface area contributed by atoms with E-state index in [0.29, 0.717) is 0 Å². The van der Waals surface area contributed by atoms with Gasteiger partial charge in [-0.1, -0.05) is 13.3 Å². The van der Waals surface area contributed by atoms with Gasteiger partial charge in [-0.3, -0.25) is 5.10 Å². The molecule has 0 amide bonds. The number of rotatable bonds is 4. The average molecular weight is 180 g/mol. The van der Waals surface area contributed by atoms with Gasteiger partial charge in [0.05, 0.1) is 12.3 Å². The standard InChI is InChI=1S/C10H16N2O/c1-2-7-3-8(7)4-10(13)9-5-11-12-6-9/h5-8,10,13H,2-4H2,1H3,(H,11,12). The summed E-state index contributed by atoms with van der Waals surface area (Å²) in [6.45, 7) is 2.22. The van der Waals surface area contributed by atoms with Gasteiger partial charge >= 0.3 is 0 Å². The molecule has 1 aromatic heterocycles. The number of aliphatic hydroxyl groups excluding tert-OH is 1. The molecule has 3 heteroatoms. The zero-order valence-corrected chi connectivity index (χ0v) is 7.90. The molecular weight excluding hydrogens is 164 g/mol. The van der Waals surface area contributed by atoms with Crippen molar-refractivity contribution >= 4 is 0 Å². The topological polar surface area (TPSA) is 48.9 Å². The molecule has 13 heavy (non-hydrogen) atoms. The third-order valence-electron chi connectivity index (χ3n) is 3.02. The molecule has 3 unspecified atom stereocenters. The number of hydrogen-bond acceptors (Lipinski definition) is 2. The lowest BCUT2D eigenvalue weighted by molar-refractivity contribution is 0.158. The van der Waals surface area contributed by atoms with Gasteiger partial charge in [0, 0.05) is 11.8 Å². The monoisotopic (exact) mass is 180 g/mol. The maximum Gasteiger partial charge on any atom is 0.0823 e. The highest BCUT2D eigenvalue weighted by Crippen LogP contribution is 2.46. The molecule has 0 bridgehead atoms. The van der Waals surface area contributed by atoms with Gasteiger partial charge in [0.1, 0.15) is 0 Å². The maximum atomic E-state index is 9.77. The van der Waals surface area contributed by atoms with Crippen LogP contribution in [0.1, 0.15) is 37.9 Å². The van der Waals surface area contributed by atoms with E-state index in [9.17, 15) is 5.11 Å². The fraction of sp³-hybridized carbons (Fsp3) is 0.700. The fourth-order valence-corrected chi connectivity index (χ4v) is 1.96. The Labute approximate surface area is 78.2 Å². The average Bonchev–Trinajstić information content (AvgIpc) is 2.68. The Hall–Kier alpha value is -0.830. The summed E-state index contributed by atoms with van der Waals surface area (Å²) in [5.74, 6) is 1.61. The Balaban J connectivity index is 1.83. The Bertz CT molecular complexity index is 258. The number of hydrogen-bond donors (Lipinski definition) is 2. The SMILES string of the molecule is CCC1CC1CC(O)c1cn[nH]c1. The van der Waals surface area contributed by atoms with Crippen LogP contribution in [-0.4, -0.2) is 15.3 Å². The molecule has 72 valence electrons. The second-order valence-electron chi connectivity index (χ2n) is 3.95. The smallest absolute Gasteiger partial charge is 0.0823 e. The molecule has 1 saturated carbocycles. The van der Waals surface area contributed by atoms with Crippen LogP contribution in [0.2, 0.25) is 0 Å². The summed E-state index contributed by atoms with van der Waals surface area (Å²) in [5.41, 5.74) is 0.918. The van der Waals surface area contributed by atoms with Gasteiger partial charge in [0.25, 0.3) is 0 Å². The normalized spacial score (nSPS) is 28.8. The zero-order valence-electron chi connectivity index (χ0n) is 7.90. The van der Waals surface area contributed by atoms with Crippen LogP contribution in [0, 0.1) is 11.8 Å². The minimum absolute atomic E-state index is 0.319. The van der Waals surface area contributed by atoms with Crippen LogP contribution in [0.15, 0.2) is 12.4 Å². The molecule has 3 atom stereocenters. The Kier molecular flexibility index (Phi) is 2.36. The number of aromatic amines is 1. The lowest BCUT2D eigenvalue weighted by Gasteiger charge is -2.06. The minimum atomic E-state index is -0.319. The van der Waals surface area contributed by atoms with E-state index in [1.165, 1.54) is 12.8 Å². The first-order chi connectivity index (χ1) is 6.31. The first-order valence-corrected chi connectivity index (χ1v) is 4.98. The highest BCUT2D eigenvalue weighted by atomic mass is 16.3. The Morgan fingerprint density at radius 1 is 1.69 bits per heavy atom. The molecule has 1 aromatic rings. The summed E-state index contributed by atoms with van der Waals surface area (Å²) in [5, 5.41) is 16.3. The van der Waals surface area contributed by atoms with Crippen LogP contribution >= 0.6 is 0 Å². The van der Waals surface area contributed by atoms with E-state index in [1.54, 1.807) is 12.4 Å². The van der Waals surface area contributed by atoms with Gasteiger partial charge in [0.2, 0.25) is 0 Å². The highest BCUT2D eigenvalue weighted by Gasteiger charge is 2.36. The quantitative estimate of drug-likeness (QED) is 0.743. The molecule has 1 fully saturated rings. The van der Waals surface area contributed by atoms with E-state index in [1.807, 2.05) is 0 Å². The largest absolute Gasteiger partial charge is 0.388 e. The van der Waals surface area contributed by atoms with Crippen LogP contribution in [0.25, 0.3) is 0 Å². The molecule has 1 heterocycles. The number of H-pyrrole nitrogens is 1. The molecular formula is C10H16N2O. The van der Waals surface area contributed by atoms with Gasteiger partial charge in [-0.15, -0.1) is 0 Å². The molecule has 0 aliphatic heterocycles. The van der Waals surface area contributed by atoms with Crippen LogP contribution in [-0.2, 0) is 0 Å². The van der Waals surface area contributed by atoms with E-state index in [-0.39, 0.29) is 6.10 Å². The molecule has 0 saturated heterocycles. The van der Waals surface area contributed by atoms with Crippen LogP contribution in [0.3, 0.4) is 0 Å². The Morgan fingerprint density at radius 3 is 3.08 bits per heavy atom. The van der Waals surface area contributed by atoms with E-state index in [0.717, 1.165) is 23.8 Å². The predicted octanol–water partition coefficient (Wildman–Crippen LogP) is 1.88. The molecule has 2 rings (SSSR count). The Morgan fingerprint density at radius 2 is 2.54 bits per heavy atom. The van der Waals surface area contributed by atoms with Crippen LogP contribution < -0.4 is 0 Å². The first kappa shape index (κ1) is 8.75. The summed E-state index contributed by atoms with van der Waals surface area (Å²) in [6, 6.07) is 0. The van der Waals surface area contributed by atoms with Crippen molar-refractivity contribution < 1.29 is 5.11 Å². The number of nitrogens with zero attached hydrogens (tertiary/aromatic N) is 1. The predicted molar refractivity (Wildman–Crippen MR) is 50.1 cm³/mol. The van der Waals surface area contributed by atoms with E-state index < -0.39 is 0 Å². The van der Waals surface area contributed by atoms with Crippen molar-refractivity contribution in [1.29, 1.82) is 0 Å². The third kappa shape index (κ3) is 1.91. The minimum Gasteiger partial charge on any atom is -0.388 e. The second kappa shape index (κ2) is 3.50. The molecule has 2 N–H and O–H groups in total. The van der Waals surface area contributed by atoms with Gasteiger partial charge in [0.15, 0.2) is 0 Å². The summed E-state index contributed by atoms with van der Waals surface area (Å²) < 4.78 is 0. The van der Waals surface area contributed by atoms with Crippen molar-refractivity contribution in [3.05, 3.63) is 18.0 Å². The molecule has 0 aromatic carbocycles. The zero-order chi connectivity index (χ0) is 9.26. The van der Waals surface area contributed by atoms with Gasteiger partial charge in [-0.25, -0.2) is 0 Å². The van der Waals surface area contributed by atoms with Crippen LogP contribution in [0.5, 0.6) is 0 Å². The van der Waals surface area contributed by atoms with Crippen molar-refractivity contribution in [3.63, 3.8) is 0 Å². The third-order valence-corrected chi connectivity index (χ3v) is 3.02. The summed E-state index contributed by atoms with van der Waals surface area (Å²) in [7, 11) is 0. The number of nitrogens with one attached hydrogen (secondary N) is 1.